The van der Waals surface area contributed by atoms with Crippen LogP contribution in [0.2, 0.25) is 10.0 Å². The van der Waals surface area contributed by atoms with Crippen molar-refractivity contribution in [3.8, 4) is 11.1 Å². The van der Waals surface area contributed by atoms with Crippen LogP contribution < -0.4 is 24.8 Å². The first-order valence-electron chi connectivity index (χ1n) is 20.3. The van der Waals surface area contributed by atoms with Gasteiger partial charge in [-0.1, -0.05) is 146 Å². The molecule has 0 unspecified atom stereocenters. The second-order valence-corrected chi connectivity index (χ2v) is 22.8. The van der Waals surface area contributed by atoms with Crippen LogP contribution in [0.4, 0.5) is 0 Å². The first kappa shape index (κ1) is 52.3. The summed E-state index contributed by atoms with van der Waals surface area (Å²) in [6.07, 6.45) is 2.15. The smallest absolute Gasteiger partial charge is 1.00 e. The summed E-state index contributed by atoms with van der Waals surface area (Å²) in [5.41, 5.74) is 17.5. The van der Waals surface area contributed by atoms with E-state index in [0.29, 0.717) is 5.41 Å². The van der Waals surface area contributed by atoms with Crippen LogP contribution in [0.1, 0.15) is 166 Å². The van der Waals surface area contributed by atoms with Crippen molar-refractivity contribution in [1.29, 1.82) is 0 Å². The second kappa shape index (κ2) is 19.9. The summed E-state index contributed by atoms with van der Waals surface area (Å²) < 4.78 is 1.26. The molecule has 0 heterocycles. The third kappa shape index (κ3) is 13.3. The van der Waals surface area contributed by atoms with Crippen molar-refractivity contribution < 1.29 is 49.0 Å². The van der Waals surface area contributed by atoms with E-state index in [9.17, 15) is 0 Å². The molecule has 6 rings (SSSR count). The molecular formula is C53H66Cl4Zr-2. The summed E-state index contributed by atoms with van der Waals surface area (Å²) >= 11 is 13.3. The molecule has 0 spiro atoms. The van der Waals surface area contributed by atoms with Crippen LogP contribution >= 0.6 is 23.2 Å². The van der Waals surface area contributed by atoms with Crippen LogP contribution in [0.25, 0.3) is 11.1 Å². The predicted octanol–water partition coefficient (Wildman–Crippen LogP) is 9.63. The fourth-order valence-corrected chi connectivity index (χ4v) is 8.40. The average molecular weight is 936 g/mol. The van der Waals surface area contributed by atoms with E-state index in [0.717, 1.165) is 34.0 Å². The molecule has 0 amide bonds. The number of fused-ring (bicyclic) bond motifs is 3. The molecule has 312 valence electrons. The van der Waals surface area contributed by atoms with Crippen molar-refractivity contribution in [1.82, 2.24) is 0 Å². The molecule has 5 aromatic carbocycles. The number of hydrogen-bond acceptors (Lipinski definition) is 0. The SMILES string of the molecule is CC(C)(C)c1[c-]c2c(cc1C(C)(C)C)-c1cc(C(C)(C)C)c(C(C)(C)C)cc1C2.CCc1cc(C(C)(C)C)c[cH-]1.Clc1cccc([C](=[Zr+2])c2cccc(Cl)c2)c1.[Cl-].[Cl-]. The van der Waals surface area contributed by atoms with Gasteiger partial charge in [0.1, 0.15) is 0 Å². The van der Waals surface area contributed by atoms with E-state index in [-0.39, 0.29) is 46.5 Å². The number of aryl methyl sites for hydroxylation is 1. The van der Waals surface area contributed by atoms with E-state index in [1.165, 1.54) is 83.1 Å². The zero-order chi connectivity index (χ0) is 42.2. The van der Waals surface area contributed by atoms with Gasteiger partial charge in [-0.3, -0.25) is 0 Å². The second-order valence-electron chi connectivity index (χ2n) is 20.7. The van der Waals surface area contributed by atoms with Crippen LogP contribution in [0, 0.1) is 6.07 Å². The van der Waals surface area contributed by atoms with Crippen LogP contribution in [0.5, 0.6) is 0 Å². The summed E-state index contributed by atoms with van der Waals surface area (Å²) in [7, 11) is 0. The molecule has 1 aliphatic carbocycles. The molecule has 1 aliphatic rings. The molecule has 0 aliphatic heterocycles. The molecule has 0 radical (unpaired) electrons. The van der Waals surface area contributed by atoms with Crippen molar-refractivity contribution >= 4 is 26.4 Å². The van der Waals surface area contributed by atoms with Crippen molar-refractivity contribution in [2.75, 3.05) is 0 Å². The predicted molar refractivity (Wildman–Crippen MR) is 245 cm³/mol. The van der Waals surface area contributed by atoms with Crippen molar-refractivity contribution in [2.24, 2.45) is 0 Å². The zero-order valence-corrected chi connectivity index (χ0v) is 43.5. The standard InChI is InChI=1S/C29H41.C13H8Cl2.C11H17.2ClH.Zr/c1-26(2,3)22-14-18-13-19-15-23(27(4,5)6)25(29(10,11)12)17-21(19)20(18)16-24(22)28(7,8)9;14-12-5-1-3-10(8-12)7-11-4-2-6-13(15)9-11;1-5-9-6-7-10(8-9)11(2,3)4;;;/h14,16-17H,13H2,1-12H3;1-6,8-9H;6-8H,5H2,1-4H3;2*1H;/q-1;;-1;;;+2/p-2. The quantitative estimate of drug-likeness (QED) is 0.155. The average Bonchev–Trinajstić information content (AvgIpc) is 3.71. The summed E-state index contributed by atoms with van der Waals surface area (Å²) in [5.74, 6) is 0. The Morgan fingerprint density at radius 3 is 1.45 bits per heavy atom. The van der Waals surface area contributed by atoms with Gasteiger partial charge >= 0.3 is 120 Å². The Morgan fingerprint density at radius 1 is 0.603 bits per heavy atom. The molecule has 0 atom stereocenters. The molecule has 58 heavy (non-hydrogen) atoms. The Labute approximate surface area is 390 Å². The Kier molecular flexibility index (Phi) is 17.9. The maximum absolute atomic E-state index is 5.98. The first-order chi connectivity index (χ1) is 25.6. The number of rotatable bonds is 3. The number of benzene rings is 4. The van der Waals surface area contributed by atoms with Crippen LogP contribution in [0.15, 0.2) is 84.9 Å². The summed E-state index contributed by atoms with van der Waals surface area (Å²) in [6, 6.07) is 33.9. The van der Waals surface area contributed by atoms with Gasteiger partial charge < -0.3 is 24.8 Å². The molecule has 0 N–H and O–H groups in total. The van der Waals surface area contributed by atoms with E-state index in [4.69, 9.17) is 23.2 Å². The van der Waals surface area contributed by atoms with Crippen LogP contribution in [0.3, 0.4) is 0 Å². The molecule has 5 heteroatoms. The van der Waals surface area contributed by atoms with Gasteiger partial charge in [0.05, 0.1) is 0 Å². The maximum Gasteiger partial charge on any atom is -1.00 e. The van der Waals surface area contributed by atoms with E-state index in [1.54, 1.807) is 0 Å². The van der Waals surface area contributed by atoms with E-state index < -0.39 is 0 Å². The molecule has 5 aromatic rings. The fraction of sp³-hybridized carbons (Fsp3) is 0.434. The maximum atomic E-state index is 5.98. The molecular weight excluding hydrogens is 870 g/mol. The number of halogens is 4. The van der Waals surface area contributed by atoms with E-state index in [1.807, 2.05) is 36.4 Å². The summed E-state index contributed by atoms with van der Waals surface area (Å²) in [5, 5.41) is 1.53. The summed E-state index contributed by atoms with van der Waals surface area (Å²) in [4.78, 5) is 0. The largest absolute Gasteiger partial charge is 1.00 e. The van der Waals surface area contributed by atoms with Gasteiger partial charge in [0.25, 0.3) is 0 Å². The Morgan fingerprint density at radius 2 is 1.07 bits per heavy atom. The number of hydrogen-bond donors (Lipinski definition) is 0. The third-order valence-electron chi connectivity index (χ3n) is 10.6. The topological polar surface area (TPSA) is 0 Å². The first-order valence-corrected chi connectivity index (χ1v) is 22.2. The van der Waals surface area contributed by atoms with Gasteiger partial charge in [-0.2, -0.15) is 41.0 Å². The van der Waals surface area contributed by atoms with E-state index >= 15 is 0 Å². The molecule has 0 saturated carbocycles. The van der Waals surface area contributed by atoms with Gasteiger partial charge in [-0.05, 0) is 39.4 Å². The van der Waals surface area contributed by atoms with Gasteiger partial charge in [0.2, 0.25) is 0 Å². The van der Waals surface area contributed by atoms with Gasteiger partial charge in [0.15, 0.2) is 0 Å². The normalized spacial score (nSPS) is 12.5. The molecule has 0 bridgehead atoms. The van der Waals surface area contributed by atoms with Gasteiger partial charge in [-0.15, -0.1) is 16.7 Å². The van der Waals surface area contributed by atoms with Crippen molar-refractivity contribution in [3.05, 3.63) is 157 Å². The third-order valence-corrected chi connectivity index (χ3v) is 12.4. The zero-order valence-electron chi connectivity index (χ0n) is 38.0. The van der Waals surface area contributed by atoms with Crippen molar-refractivity contribution in [3.63, 3.8) is 0 Å². The molecule has 0 saturated heterocycles. The minimum atomic E-state index is 0. The van der Waals surface area contributed by atoms with Gasteiger partial charge in [-0.25, -0.2) is 6.07 Å². The van der Waals surface area contributed by atoms with Crippen molar-refractivity contribution in [2.45, 2.75) is 151 Å². The fourth-order valence-electron chi connectivity index (χ4n) is 7.26. The Hall–Kier alpha value is -1.86. The monoisotopic (exact) mass is 932 g/mol. The molecule has 0 aromatic heterocycles. The van der Waals surface area contributed by atoms with Crippen LogP contribution in [-0.2, 0) is 64.2 Å². The molecule has 0 nitrogen and oxygen atoms in total. The molecule has 0 fully saturated rings. The Balaban J connectivity index is 0.000000336. The Bertz CT molecular complexity index is 2040. The van der Waals surface area contributed by atoms with Gasteiger partial charge in [0, 0.05) is 0 Å². The minimum absolute atomic E-state index is 0. The minimum Gasteiger partial charge on any atom is -1.00 e. The van der Waals surface area contributed by atoms with E-state index in [2.05, 4.69) is 165 Å². The van der Waals surface area contributed by atoms with Crippen LogP contribution in [-0.4, -0.2) is 3.21 Å². The summed E-state index contributed by atoms with van der Waals surface area (Å²) in [6.45, 7) is 36.9.